The maximum absolute atomic E-state index is 12.9. The first-order valence-electron chi connectivity index (χ1n) is 7.63. The molecule has 2 rings (SSSR count). The van der Waals surface area contributed by atoms with Gasteiger partial charge < -0.3 is 4.74 Å². The molecule has 0 aromatic heterocycles. The lowest BCUT2D eigenvalue weighted by Crippen LogP contribution is -2.27. The number of anilines is 1. The van der Waals surface area contributed by atoms with Crippen molar-refractivity contribution >= 4 is 21.4 Å². The van der Waals surface area contributed by atoms with Gasteiger partial charge in [-0.1, -0.05) is 6.07 Å². The van der Waals surface area contributed by atoms with E-state index in [9.17, 15) is 18.5 Å². The van der Waals surface area contributed by atoms with Gasteiger partial charge in [0.2, 0.25) is 0 Å². The lowest BCUT2D eigenvalue weighted by molar-refractivity contribution is -0.385. The Bertz CT molecular complexity index is 876. The summed E-state index contributed by atoms with van der Waals surface area (Å²) in [5.74, 6) is 0.635. The minimum atomic E-state index is -3.93. The van der Waals surface area contributed by atoms with Gasteiger partial charge in [0.15, 0.2) is 0 Å². The van der Waals surface area contributed by atoms with Crippen molar-refractivity contribution < 1.29 is 18.1 Å². The zero-order valence-electron chi connectivity index (χ0n) is 14.5. The molecule has 8 heteroatoms. The maximum Gasteiger partial charge on any atom is 0.270 e. The Morgan fingerprint density at radius 1 is 1.12 bits per heavy atom. The number of non-ortho nitro benzene ring substituents is 1. The molecule has 0 radical (unpaired) electrons. The number of nitro groups is 1. The summed E-state index contributed by atoms with van der Waals surface area (Å²) in [6.07, 6.45) is 0.0137. The molecular formula is C17H20N2O5S. The van der Waals surface area contributed by atoms with Crippen LogP contribution in [0.1, 0.15) is 19.4 Å². The summed E-state index contributed by atoms with van der Waals surface area (Å²) in [4.78, 5) is 10.2. The Balaban J connectivity index is 2.39. The molecule has 0 fully saturated rings. The molecule has 0 aliphatic heterocycles. The summed E-state index contributed by atoms with van der Waals surface area (Å²) in [6, 6.07) is 10.4. The van der Waals surface area contributed by atoms with Gasteiger partial charge in [-0.25, -0.2) is 8.42 Å². The van der Waals surface area contributed by atoms with E-state index in [0.717, 1.165) is 10.4 Å². The summed E-state index contributed by atoms with van der Waals surface area (Å²) in [7, 11) is -2.52. The molecule has 0 unspecified atom stereocenters. The summed E-state index contributed by atoms with van der Waals surface area (Å²) in [5.41, 5.74) is 0.609. The first-order valence-corrected chi connectivity index (χ1v) is 9.07. The third kappa shape index (κ3) is 4.08. The van der Waals surface area contributed by atoms with Crippen LogP contribution in [-0.4, -0.2) is 26.5 Å². The Labute approximate surface area is 147 Å². The molecule has 2 aromatic carbocycles. The standard InChI is InChI=1S/C17H20N2O5S/c1-12(2)24-16-9-7-14(8-10-16)18(4)25(22,23)17-11-15(19(20)21)6-5-13(17)3/h5-12H,1-4H3. The smallest absolute Gasteiger partial charge is 0.270 e. The SMILES string of the molecule is Cc1ccc([N+](=O)[O-])cc1S(=O)(=O)N(C)c1ccc(OC(C)C)cc1. The largest absolute Gasteiger partial charge is 0.491 e. The fourth-order valence-electron chi connectivity index (χ4n) is 2.27. The quantitative estimate of drug-likeness (QED) is 0.578. The fourth-order valence-corrected chi connectivity index (χ4v) is 3.71. The molecule has 0 atom stereocenters. The van der Waals surface area contributed by atoms with Crippen LogP contribution in [-0.2, 0) is 10.0 Å². The number of nitrogens with zero attached hydrogens (tertiary/aromatic N) is 2. The van der Waals surface area contributed by atoms with Gasteiger partial charge in [-0.2, -0.15) is 0 Å². The highest BCUT2D eigenvalue weighted by Gasteiger charge is 2.25. The van der Waals surface area contributed by atoms with E-state index in [1.807, 2.05) is 13.8 Å². The van der Waals surface area contributed by atoms with Crippen LogP contribution in [0.25, 0.3) is 0 Å². The van der Waals surface area contributed by atoms with Crippen molar-refractivity contribution in [2.24, 2.45) is 0 Å². The second-order valence-electron chi connectivity index (χ2n) is 5.84. The van der Waals surface area contributed by atoms with Crippen molar-refractivity contribution in [1.29, 1.82) is 0 Å². The van der Waals surface area contributed by atoms with Crippen molar-refractivity contribution in [3.8, 4) is 5.75 Å². The lowest BCUT2D eigenvalue weighted by atomic mass is 10.2. The number of aryl methyl sites for hydroxylation is 1. The zero-order valence-corrected chi connectivity index (χ0v) is 15.3. The van der Waals surface area contributed by atoms with Crippen LogP contribution in [0, 0.1) is 17.0 Å². The molecule has 2 aromatic rings. The number of benzene rings is 2. The molecule has 134 valence electrons. The topological polar surface area (TPSA) is 89.8 Å². The highest BCUT2D eigenvalue weighted by molar-refractivity contribution is 7.92. The molecular weight excluding hydrogens is 344 g/mol. The Morgan fingerprint density at radius 2 is 1.72 bits per heavy atom. The summed E-state index contributed by atoms with van der Waals surface area (Å²) < 4.78 is 32.4. The molecule has 0 spiro atoms. The number of rotatable bonds is 6. The summed E-state index contributed by atoms with van der Waals surface area (Å²) in [6.45, 7) is 5.40. The Kier molecular flexibility index (Phi) is 5.32. The maximum atomic E-state index is 12.9. The van der Waals surface area contributed by atoms with E-state index in [0.29, 0.717) is 17.0 Å². The van der Waals surface area contributed by atoms with Gasteiger partial charge in [-0.3, -0.25) is 14.4 Å². The monoisotopic (exact) mass is 364 g/mol. The van der Waals surface area contributed by atoms with Crippen LogP contribution in [0.4, 0.5) is 11.4 Å². The molecule has 0 saturated heterocycles. The Morgan fingerprint density at radius 3 is 2.24 bits per heavy atom. The van der Waals surface area contributed by atoms with E-state index in [-0.39, 0.29) is 16.7 Å². The van der Waals surface area contributed by atoms with Crippen molar-refractivity contribution in [1.82, 2.24) is 0 Å². The van der Waals surface area contributed by atoms with Gasteiger partial charge in [0.05, 0.1) is 21.6 Å². The van der Waals surface area contributed by atoms with E-state index in [4.69, 9.17) is 4.74 Å². The summed E-state index contributed by atoms with van der Waals surface area (Å²) >= 11 is 0. The highest BCUT2D eigenvalue weighted by atomic mass is 32.2. The number of sulfonamides is 1. The number of nitro benzene ring substituents is 1. The minimum Gasteiger partial charge on any atom is -0.491 e. The van der Waals surface area contributed by atoms with Crippen LogP contribution < -0.4 is 9.04 Å². The third-order valence-electron chi connectivity index (χ3n) is 3.59. The number of hydrogen-bond donors (Lipinski definition) is 0. The predicted molar refractivity (Wildman–Crippen MR) is 95.6 cm³/mol. The van der Waals surface area contributed by atoms with Gasteiger partial charge in [-0.05, 0) is 50.6 Å². The molecule has 0 heterocycles. The molecule has 0 aliphatic carbocycles. The second-order valence-corrected chi connectivity index (χ2v) is 7.78. The van der Waals surface area contributed by atoms with Crippen LogP contribution in [0.3, 0.4) is 0 Å². The Hall–Kier alpha value is -2.61. The molecule has 0 N–H and O–H groups in total. The van der Waals surface area contributed by atoms with E-state index in [1.165, 1.54) is 19.2 Å². The van der Waals surface area contributed by atoms with Gasteiger partial charge in [0, 0.05) is 19.2 Å². The van der Waals surface area contributed by atoms with Gasteiger partial charge in [-0.15, -0.1) is 0 Å². The van der Waals surface area contributed by atoms with Gasteiger partial charge in [0.25, 0.3) is 15.7 Å². The molecule has 0 aliphatic rings. The molecule has 0 saturated carbocycles. The normalized spacial score (nSPS) is 11.4. The summed E-state index contributed by atoms with van der Waals surface area (Å²) in [5, 5.41) is 10.9. The van der Waals surface area contributed by atoms with Gasteiger partial charge >= 0.3 is 0 Å². The van der Waals surface area contributed by atoms with E-state index in [2.05, 4.69) is 0 Å². The zero-order chi connectivity index (χ0) is 18.8. The van der Waals surface area contributed by atoms with Crippen molar-refractivity contribution in [3.63, 3.8) is 0 Å². The van der Waals surface area contributed by atoms with Crippen LogP contribution >= 0.6 is 0 Å². The van der Waals surface area contributed by atoms with Crippen molar-refractivity contribution in [2.75, 3.05) is 11.4 Å². The predicted octanol–water partition coefficient (Wildman–Crippen LogP) is 3.52. The number of ether oxygens (including phenoxy) is 1. The molecule has 0 bridgehead atoms. The van der Waals surface area contributed by atoms with E-state index >= 15 is 0 Å². The van der Waals surface area contributed by atoms with E-state index in [1.54, 1.807) is 31.2 Å². The fraction of sp³-hybridized carbons (Fsp3) is 0.294. The number of hydrogen-bond acceptors (Lipinski definition) is 5. The van der Waals surface area contributed by atoms with Crippen molar-refractivity contribution in [3.05, 3.63) is 58.1 Å². The van der Waals surface area contributed by atoms with Crippen LogP contribution in [0.15, 0.2) is 47.4 Å². The average molecular weight is 364 g/mol. The molecule has 0 amide bonds. The molecule has 7 nitrogen and oxygen atoms in total. The lowest BCUT2D eigenvalue weighted by Gasteiger charge is -2.21. The van der Waals surface area contributed by atoms with Crippen molar-refractivity contribution in [2.45, 2.75) is 31.8 Å². The first-order chi connectivity index (χ1) is 11.6. The first kappa shape index (κ1) is 18.7. The second kappa shape index (κ2) is 7.10. The average Bonchev–Trinajstić information content (AvgIpc) is 2.54. The van der Waals surface area contributed by atoms with Crippen LogP contribution in [0.2, 0.25) is 0 Å². The molecule has 25 heavy (non-hydrogen) atoms. The van der Waals surface area contributed by atoms with Gasteiger partial charge in [0.1, 0.15) is 5.75 Å². The highest BCUT2D eigenvalue weighted by Crippen LogP contribution is 2.28. The van der Waals surface area contributed by atoms with E-state index < -0.39 is 14.9 Å². The van der Waals surface area contributed by atoms with Crippen LogP contribution in [0.5, 0.6) is 5.75 Å². The third-order valence-corrected chi connectivity index (χ3v) is 5.52. The minimum absolute atomic E-state index is 0.0137.